The van der Waals surface area contributed by atoms with Gasteiger partial charge in [0.2, 0.25) is 0 Å². The number of hydroxylamine groups is 2. The van der Waals surface area contributed by atoms with Gasteiger partial charge in [0.05, 0.1) is 12.3 Å². The van der Waals surface area contributed by atoms with E-state index in [1.54, 1.807) is 0 Å². The van der Waals surface area contributed by atoms with Gasteiger partial charge in [-0.2, -0.15) is 0 Å². The molecule has 0 unspecified atom stereocenters. The average molecular weight is 346 g/mol. The number of nitrogens with two attached hydrogens (primary N) is 1. The first kappa shape index (κ1) is 18.3. The number of carbonyl (C=O) groups excluding carboxylic acids is 1. The average Bonchev–Trinajstić information content (AvgIpc) is 2.71. The number of fused-ring (bicyclic) bond motifs is 1. The van der Waals surface area contributed by atoms with Crippen LogP contribution in [-0.4, -0.2) is 41.7 Å². The van der Waals surface area contributed by atoms with Gasteiger partial charge < -0.3 is 15.8 Å². The van der Waals surface area contributed by atoms with Crippen molar-refractivity contribution in [2.45, 2.75) is 31.6 Å². The zero-order chi connectivity index (χ0) is 17.7. The summed E-state index contributed by atoms with van der Waals surface area (Å²) in [7, 11) is -0.350. The van der Waals surface area contributed by atoms with Gasteiger partial charge in [-0.25, -0.2) is 21.8 Å². The Morgan fingerprint density at radius 3 is 2.79 bits per heavy atom. The van der Waals surface area contributed by atoms with Gasteiger partial charge in [-0.1, -0.05) is 25.1 Å². The fourth-order valence-corrected chi connectivity index (χ4v) is 2.97. The monoisotopic (exact) mass is 346 g/mol. The van der Waals surface area contributed by atoms with Gasteiger partial charge in [-0.15, -0.1) is 4.90 Å². The van der Waals surface area contributed by atoms with Crippen molar-refractivity contribution in [3.8, 4) is 0 Å². The summed E-state index contributed by atoms with van der Waals surface area (Å²) in [6.07, 6.45) is 2.96. The van der Waals surface area contributed by atoms with Gasteiger partial charge >= 0.3 is 0 Å². The van der Waals surface area contributed by atoms with Crippen molar-refractivity contribution >= 4 is 45.3 Å². The fourth-order valence-electron chi connectivity index (χ4n) is 2.43. The third-order valence-electron chi connectivity index (χ3n) is 3.51. The Morgan fingerprint density at radius 1 is 1.42 bits per heavy atom. The van der Waals surface area contributed by atoms with E-state index in [9.17, 15) is 4.79 Å². The van der Waals surface area contributed by atoms with Gasteiger partial charge in [-0.3, -0.25) is 9.63 Å². The minimum Gasteiger partial charge on any atom is -0.457 e. The zero-order valence-corrected chi connectivity index (χ0v) is 15.1. The van der Waals surface area contributed by atoms with Crippen molar-refractivity contribution in [1.29, 1.82) is 0 Å². The summed E-state index contributed by atoms with van der Waals surface area (Å²) in [5.74, 6) is 8.15. The molecule has 1 heterocycles. The van der Waals surface area contributed by atoms with E-state index < -0.39 is 0 Å². The second-order valence-electron chi connectivity index (χ2n) is 5.49. The van der Waals surface area contributed by atoms with Gasteiger partial charge in [-0.05, 0) is 19.4 Å². The minimum absolute atomic E-state index is 0.164. The van der Waals surface area contributed by atoms with Crippen molar-refractivity contribution in [2.75, 3.05) is 13.2 Å². The largest absolute Gasteiger partial charge is 0.457 e. The van der Waals surface area contributed by atoms with Crippen molar-refractivity contribution in [2.24, 2.45) is 10.7 Å². The summed E-state index contributed by atoms with van der Waals surface area (Å²) in [6, 6.07) is 5.83. The van der Waals surface area contributed by atoms with Gasteiger partial charge in [0.1, 0.15) is 5.84 Å². The molecule has 1 aliphatic rings. The van der Waals surface area contributed by atoms with Crippen LogP contribution in [0.1, 0.15) is 32.3 Å². The molecule has 0 aromatic heterocycles. The standard InChI is InChI=1S/C18H24N3O2S/c1-5-9-21(23-6-2)18(22)14-10-13-7-8-15(24(3)4)12-16(13)20-17(19)11-14/h7-8,10,12H,3-6,9,11H2,1-2H3,(H2,19,20)/q-1. The number of hydrogen-bond donors (Lipinski definition) is 1. The molecule has 1 amide bonds. The van der Waals surface area contributed by atoms with E-state index in [1.807, 2.05) is 38.1 Å². The molecule has 2 rings (SSSR count). The predicted molar refractivity (Wildman–Crippen MR) is 104 cm³/mol. The van der Waals surface area contributed by atoms with E-state index in [0.717, 1.165) is 22.6 Å². The lowest BCUT2D eigenvalue weighted by atomic mass is 10.1. The Hall–Kier alpha value is -2.05. The van der Waals surface area contributed by atoms with Crippen LogP contribution in [0.3, 0.4) is 0 Å². The van der Waals surface area contributed by atoms with Crippen LogP contribution in [0, 0.1) is 0 Å². The smallest absolute Gasteiger partial charge is 0.273 e. The summed E-state index contributed by atoms with van der Waals surface area (Å²) in [6.45, 7) is 4.84. The Bertz CT molecular complexity index is 750. The third kappa shape index (κ3) is 4.27. The first-order valence-electron chi connectivity index (χ1n) is 7.92. The second kappa shape index (κ2) is 8.17. The number of rotatable bonds is 6. The first-order valence-corrected chi connectivity index (χ1v) is 9.48. The lowest BCUT2D eigenvalue weighted by Gasteiger charge is -2.21. The van der Waals surface area contributed by atoms with Crippen molar-refractivity contribution in [1.82, 2.24) is 5.06 Å². The van der Waals surface area contributed by atoms with Crippen LogP contribution < -0.4 is 5.73 Å². The SMILES string of the molecule is C=[S-](=C)c1ccc2c(c1)N=C(N)CC(C(=O)N(CCC)OCC)=C2. The Labute approximate surface area is 145 Å². The molecule has 0 aliphatic carbocycles. The number of amides is 1. The van der Waals surface area contributed by atoms with E-state index in [4.69, 9.17) is 10.6 Å². The van der Waals surface area contributed by atoms with E-state index in [2.05, 4.69) is 16.7 Å². The molecule has 0 fully saturated rings. The van der Waals surface area contributed by atoms with Crippen LogP contribution in [0.4, 0.5) is 5.69 Å². The van der Waals surface area contributed by atoms with Crippen molar-refractivity contribution < 1.29 is 9.63 Å². The number of carbonyl (C=O) groups is 1. The summed E-state index contributed by atoms with van der Waals surface area (Å²) in [5.41, 5.74) is 8.21. The molecule has 5 nitrogen and oxygen atoms in total. The van der Waals surface area contributed by atoms with Crippen LogP contribution >= 0.6 is 0 Å². The van der Waals surface area contributed by atoms with E-state index in [0.29, 0.717) is 31.0 Å². The van der Waals surface area contributed by atoms with Crippen LogP contribution in [0.5, 0.6) is 0 Å². The summed E-state index contributed by atoms with van der Waals surface area (Å²) in [4.78, 5) is 23.7. The number of hydrogen-bond acceptors (Lipinski definition) is 5. The van der Waals surface area contributed by atoms with Gasteiger partial charge in [0.25, 0.3) is 5.91 Å². The normalized spacial score (nSPS) is 13.8. The van der Waals surface area contributed by atoms with Gasteiger partial charge in [0.15, 0.2) is 0 Å². The van der Waals surface area contributed by atoms with Crippen LogP contribution in [0.25, 0.3) is 6.08 Å². The Kier molecular flexibility index (Phi) is 6.23. The van der Waals surface area contributed by atoms with E-state index in [-0.39, 0.29) is 16.0 Å². The Morgan fingerprint density at radius 2 is 2.17 bits per heavy atom. The van der Waals surface area contributed by atoms with Crippen molar-refractivity contribution in [3.05, 3.63) is 29.3 Å². The molecule has 0 spiro atoms. The Balaban J connectivity index is 2.42. The minimum atomic E-state index is -0.350. The van der Waals surface area contributed by atoms with E-state index >= 15 is 0 Å². The first-order chi connectivity index (χ1) is 11.5. The highest BCUT2D eigenvalue weighted by Gasteiger charge is 2.21. The number of benzene rings is 1. The lowest BCUT2D eigenvalue weighted by molar-refractivity contribution is -0.180. The molecule has 1 aliphatic heterocycles. The summed E-state index contributed by atoms with van der Waals surface area (Å²) in [5, 5.41) is 1.40. The van der Waals surface area contributed by atoms with E-state index in [1.165, 1.54) is 5.06 Å². The maximum absolute atomic E-state index is 12.8. The second-order valence-corrected chi connectivity index (χ2v) is 6.94. The molecule has 24 heavy (non-hydrogen) atoms. The molecule has 6 heteroatoms. The molecule has 0 radical (unpaired) electrons. The highest BCUT2D eigenvalue weighted by Crippen LogP contribution is 2.28. The highest BCUT2D eigenvalue weighted by atomic mass is 32.2. The zero-order valence-electron chi connectivity index (χ0n) is 14.2. The predicted octanol–water partition coefficient (Wildman–Crippen LogP) is 2.49. The van der Waals surface area contributed by atoms with Gasteiger partial charge in [0, 0.05) is 24.1 Å². The molecular formula is C18H24N3O2S-. The molecule has 0 bridgehead atoms. The molecular weight excluding hydrogens is 322 g/mol. The number of nitrogens with zero attached hydrogens (tertiary/aromatic N) is 2. The molecule has 130 valence electrons. The topological polar surface area (TPSA) is 67.9 Å². The molecule has 1 aromatic carbocycles. The number of aliphatic imine (C=N–C) groups is 1. The summed E-state index contributed by atoms with van der Waals surface area (Å²) >= 11 is 0. The highest BCUT2D eigenvalue weighted by molar-refractivity contribution is 7.91. The van der Waals surface area contributed by atoms with Crippen molar-refractivity contribution in [3.63, 3.8) is 0 Å². The van der Waals surface area contributed by atoms with Crippen LogP contribution in [0.15, 0.2) is 33.7 Å². The maximum atomic E-state index is 12.8. The third-order valence-corrected chi connectivity index (χ3v) is 4.43. The fraction of sp³-hybridized carbons (Fsp3) is 0.333. The quantitative estimate of drug-likeness (QED) is 0.489. The molecule has 2 N–H and O–H groups in total. The summed E-state index contributed by atoms with van der Waals surface area (Å²) < 4.78 is 0. The van der Waals surface area contributed by atoms with Crippen LogP contribution in [-0.2, 0) is 19.7 Å². The molecule has 0 atom stereocenters. The maximum Gasteiger partial charge on any atom is 0.273 e. The number of amidine groups is 1. The molecule has 0 saturated heterocycles. The molecule has 1 aromatic rings. The van der Waals surface area contributed by atoms with Crippen LogP contribution in [0.2, 0.25) is 0 Å². The molecule has 0 saturated carbocycles. The lowest BCUT2D eigenvalue weighted by Crippen LogP contribution is -2.34.